The van der Waals surface area contributed by atoms with Gasteiger partial charge in [0.1, 0.15) is 5.82 Å². The minimum Gasteiger partial charge on any atom is -0.478 e. The van der Waals surface area contributed by atoms with Crippen molar-refractivity contribution >= 4 is 23.3 Å². The molecular weight excluding hydrogens is 275 g/mol. The largest absolute Gasteiger partial charge is 0.478 e. The van der Waals surface area contributed by atoms with Crippen LogP contribution in [-0.4, -0.2) is 17.0 Å². The van der Waals surface area contributed by atoms with Crippen LogP contribution in [0.15, 0.2) is 42.5 Å². The van der Waals surface area contributed by atoms with Crippen molar-refractivity contribution in [3.05, 3.63) is 59.4 Å². The van der Waals surface area contributed by atoms with E-state index in [1.54, 1.807) is 0 Å². The highest BCUT2D eigenvalue weighted by Crippen LogP contribution is 2.19. The summed E-state index contributed by atoms with van der Waals surface area (Å²) in [5.74, 6) is -1.95. The van der Waals surface area contributed by atoms with Crippen LogP contribution < -0.4 is 11.1 Å². The number of carboxylic acids is 1. The Morgan fingerprint density at radius 1 is 1.14 bits per heavy atom. The minimum absolute atomic E-state index is 0.00807. The van der Waals surface area contributed by atoms with Gasteiger partial charge in [0, 0.05) is 5.69 Å². The average molecular weight is 288 g/mol. The third-order valence-electron chi connectivity index (χ3n) is 2.83. The average Bonchev–Trinajstić information content (AvgIpc) is 2.41. The fraction of sp³-hybridized carbons (Fsp3) is 0.0667. The van der Waals surface area contributed by atoms with Gasteiger partial charge in [0.25, 0.3) is 0 Å². The third-order valence-corrected chi connectivity index (χ3v) is 2.83. The number of rotatable bonds is 4. The van der Waals surface area contributed by atoms with Crippen molar-refractivity contribution < 1.29 is 19.1 Å². The van der Waals surface area contributed by atoms with Crippen LogP contribution in [0.5, 0.6) is 0 Å². The summed E-state index contributed by atoms with van der Waals surface area (Å²) < 4.78 is 12.8. The number of halogens is 1. The van der Waals surface area contributed by atoms with Crippen LogP contribution in [0.1, 0.15) is 15.9 Å². The molecule has 108 valence electrons. The van der Waals surface area contributed by atoms with Gasteiger partial charge in [-0.15, -0.1) is 0 Å². The molecule has 4 N–H and O–H groups in total. The van der Waals surface area contributed by atoms with E-state index in [9.17, 15) is 14.0 Å². The first-order chi connectivity index (χ1) is 9.95. The molecule has 5 nitrogen and oxygen atoms in total. The number of carbonyl (C=O) groups excluding carboxylic acids is 1. The van der Waals surface area contributed by atoms with Crippen LogP contribution in [-0.2, 0) is 11.2 Å². The summed E-state index contributed by atoms with van der Waals surface area (Å²) in [5, 5.41) is 11.6. The summed E-state index contributed by atoms with van der Waals surface area (Å²) in [6.07, 6.45) is 0.00807. The van der Waals surface area contributed by atoms with E-state index >= 15 is 0 Å². The van der Waals surface area contributed by atoms with Crippen molar-refractivity contribution in [1.82, 2.24) is 0 Å². The molecule has 0 atom stereocenters. The molecule has 0 aliphatic carbocycles. The van der Waals surface area contributed by atoms with Crippen LogP contribution in [0.2, 0.25) is 0 Å². The van der Waals surface area contributed by atoms with Gasteiger partial charge in [-0.3, -0.25) is 4.79 Å². The standard InChI is InChI=1S/C15H13FN2O3/c16-10-3-1-9(2-4-10)7-14(19)18-13-8-11(17)5-6-12(13)15(20)21/h1-6,8H,7,17H2,(H,18,19)(H,20,21). The second kappa shape index (κ2) is 6.04. The van der Waals surface area contributed by atoms with Crippen molar-refractivity contribution in [1.29, 1.82) is 0 Å². The highest BCUT2D eigenvalue weighted by molar-refractivity contribution is 6.01. The lowest BCUT2D eigenvalue weighted by Crippen LogP contribution is -2.17. The van der Waals surface area contributed by atoms with Crippen LogP contribution in [0, 0.1) is 5.82 Å². The van der Waals surface area contributed by atoms with Crippen molar-refractivity contribution in [2.45, 2.75) is 6.42 Å². The predicted octanol–water partition coefficient (Wildman–Crippen LogP) is 2.29. The van der Waals surface area contributed by atoms with Crippen LogP contribution in [0.4, 0.5) is 15.8 Å². The number of carbonyl (C=O) groups is 2. The SMILES string of the molecule is Nc1ccc(C(=O)O)c(NC(=O)Cc2ccc(F)cc2)c1. The summed E-state index contributed by atoms with van der Waals surface area (Å²) in [4.78, 5) is 23.0. The molecule has 0 aliphatic heterocycles. The van der Waals surface area contributed by atoms with E-state index < -0.39 is 11.9 Å². The number of carboxylic acid groups (broad SMARTS) is 1. The molecule has 0 saturated carbocycles. The van der Waals surface area contributed by atoms with Gasteiger partial charge in [0.2, 0.25) is 5.91 Å². The smallest absolute Gasteiger partial charge is 0.337 e. The molecule has 6 heteroatoms. The molecule has 2 aromatic rings. The van der Waals surface area contributed by atoms with Crippen molar-refractivity contribution in [2.75, 3.05) is 11.1 Å². The fourth-order valence-electron chi connectivity index (χ4n) is 1.83. The molecule has 1 amide bonds. The molecule has 0 unspecified atom stereocenters. The highest BCUT2D eigenvalue weighted by Gasteiger charge is 2.13. The Labute approximate surface area is 120 Å². The number of anilines is 2. The Morgan fingerprint density at radius 2 is 1.81 bits per heavy atom. The number of hydrogen-bond donors (Lipinski definition) is 3. The van der Waals surface area contributed by atoms with Gasteiger partial charge in [-0.1, -0.05) is 12.1 Å². The van der Waals surface area contributed by atoms with Crippen LogP contribution in [0.25, 0.3) is 0 Å². The van der Waals surface area contributed by atoms with E-state index in [4.69, 9.17) is 10.8 Å². The maximum absolute atomic E-state index is 12.8. The predicted molar refractivity (Wildman–Crippen MR) is 76.5 cm³/mol. The lowest BCUT2D eigenvalue weighted by atomic mass is 10.1. The molecule has 0 aromatic heterocycles. The second-order valence-corrected chi connectivity index (χ2v) is 4.46. The number of nitrogen functional groups attached to an aromatic ring is 1. The normalized spacial score (nSPS) is 10.1. The van der Waals surface area contributed by atoms with Crippen LogP contribution in [0.3, 0.4) is 0 Å². The minimum atomic E-state index is -1.16. The Morgan fingerprint density at radius 3 is 2.43 bits per heavy atom. The van der Waals surface area contributed by atoms with Crippen LogP contribution >= 0.6 is 0 Å². The van der Waals surface area contributed by atoms with Crippen molar-refractivity contribution in [3.8, 4) is 0 Å². The first-order valence-corrected chi connectivity index (χ1v) is 6.13. The zero-order valence-corrected chi connectivity index (χ0v) is 11.0. The third kappa shape index (κ3) is 3.79. The molecule has 0 bridgehead atoms. The number of benzene rings is 2. The first kappa shape index (κ1) is 14.5. The molecule has 0 spiro atoms. The zero-order chi connectivity index (χ0) is 15.4. The van der Waals surface area contributed by atoms with Gasteiger partial charge in [0.05, 0.1) is 17.7 Å². The van der Waals surface area contributed by atoms with E-state index in [-0.39, 0.29) is 23.5 Å². The summed E-state index contributed by atoms with van der Waals surface area (Å²) in [5.41, 5.74) is 6.64. The Kier molecular flexibility index (Phi) is 4.18. The van der Waals surface area contributed by atoms with Gasteiger partial charge in [-0.25, -0.2) is 9.18 Å². The number of nitrogens with one attached hydrogen (secondary N) is 1. The molecule has 2 aromatic carbocycles. The van der Waals surface area contributed by atoms with E-state index in [1.165, 1.54) is 42.5 Å². The number of nitrogens with two attached hydrogens (primary N) is 1. The second-order valence-electron chi connectivity index (χ2n) is 4.46. The maximum atomic E-state index is 12.8. The van der Waals surface area contributed by atoms with E-state index in [0.717, 1.165) is 0 Å². The van der Waals surface area contributed by atoms with E-state index in [0.29, 0.717) is 11.3 Å². The van der Waals surface area contributed by atoms with Gasteiger partial charge in [-0.2, -0.15) is 0 Å². The van der Waals surface area contributed by atoms with E-state index in [1.807, 2.05) is 0 Å². The molecule has 21 heavy (non-hydrogen) atoms. The zero-order valence-electron chi connectivity index (χ0n) is 11.0. The molecule has 0 saturated heterocycles. The Hall–Kier alpha value is -2.89. The lowest BCUT2D eigenvalue weighted by Gasteiger charge is -2.09. The monoisotopic (exact) mass is 288 g/mol. The summed E-state index contributed by atoms with van der Waals surface area (Å²) in [6, 6.07) is 9.65. The summed E-state index contributed by atoms with van der Waals surface area (Å²) >= 11 is 0. The maximum Gasteiger partial charge on any atom is 0.337 e. The van der Waals surface area contributed by atoms with Gasteiger partial charge < -0.3 is 16.2 Å². The summed E-state index contributed by atoms with van der Waals surface area (Å²) in [7, 11) is 0. The number of aromatic carboxylic acids is 1. The van der Waals surface area contributed by atoms with Crippen molar-refractivity contribution in [2.24, 2.45) is 0 Å². The number of amides is 1. The lowest BCUT2D eigenvalue weighted by molar-refractivity contribution is -0.115. The molecule has 0 radical (unpaired) electrons. The number of hydrogen-bond acceptors (Lipinski definition) is 3. The molecule has 0 fully saturated rings. The molecule has 0 aliphatic rings. The first-order valence-electron chi connectivity index (χ1n) is 6.13. The topological polar surface area (TPSA) is 92.4 Å². The van der Waals surface area contributed by atoms with Gasteiger partial charge in [-0.05, 0) is 35.9 Å². The van der Waals surface area contributed by atoms with Crippen molar-refractivity contribution in [3.63, 3.8) is 0 Å². The molecular formula is C15H13FN2O3. The molecule has 2 rings (SSSR count). The van der Waals surface area contributed by atoms with E-state index in [2.05, 4.69) is 5.32 Å². The quantitative estimate of drug-likeness (QED) is 0.752. The highest BCUT2D eigenvalue weighted by atomic mass is 19.1. The Balaban J connectivity index is 2.14. The Bertz CT molecular complexity index is 684. The molecule has 0 heterocycles. The van der Waals surface area contributed by atoms with Gasteiger partial charge in [0.15, 0.2) is 0 Å². The summed E-state index contributed by atoms with van der Waals surface area (Å²) in [6.45, 7) is 0. The fourth-order valence-corrected chi connectivity index (χ4v) is 1.83. The van der Waals surface area contributed by atoms with Gasteiger partial charge >= 0.3 is 5.97 Å².